The van der Waals surface area contributed by atoms with Gasteiger partial charge in [0.15, 0.2) is 5.13 Å². The van der Waals surface area contributed by atoms with Crippen LogP contribution in [0.3, 0.4) is 0 Å². The number of hydrogen-bond donors (Lipinski definition) is 2. The first-order valence-corrected chi connectivity index (χ1v) is 13.8. The van der Waals surface area contributed by atoms with E-state index in [9.17, 15) is 18.4 Å². The van der Waals surface area contributed by atoms with Gasteiger partial charge in [0.05, 0.1) is 24.0 Å². The molecule has 0 aliphatic heterocycles. The Morgan fingerprint density at radius 2 is 1.79 bits per heavy atom. The average Bonchev–Trinajstić information content (AvgIpc) is 3.34. The third kappa shape index (κ3) is 7.68. The fourth-order valence-electron chi connectivity index (χ4n) is 4.62. The molecular formula is C29H33F2N3O3S. The van der Waals surface area contributed by atoms with Gasteiger partial charge in [-0.05, 0) is 47.6 Å². The van der Waals surface area contributed by atoms with Gasteiger partial charge in [0.2, 0.25) is 11.8 Å². The molecule has 2 amide bonds. The normalized spacial score (nSPS) is 14.9. The van der Waals surface area contributed by atoms with Gasteiger partial charge in [0.25, 0.3) is 0 Å². The minimum Gasteiger partial charge on any atom is -0.374 e. The molecule has 0 saturated heterocycles. The molecule has 2 aromatic carbocycles. The number of carbonyl (C=O) groups excluding carboxylic acids is 2. The summed E-state index contributed by atoms with van der Waals surface area (Å²) >= 11 is 1.35. The van der Waals surface area contributed by atoms with Crippen molar-refractivity contribution in [2.24, 2.45) is 5.92 Å². The monoisotopic (exact) mass is 541 g/mol. The van der Waals surface area contributed by atoms with Crippen LogP contribution in [0, 0.1) is 17.6 Å². The van der Waals surface area contributed by atoms with Gasteiger partial charge in [0, 0.05) is 12.3 Å². The molecule has 1 unspecified atom stereocenters. The predicted octanol–water partition coefficient (Wildman–Crippen LogP) is 6.26. The van der Waals surface area contributed by atoms with Crippen molar-refractivity contribution in [1.82, 2.24) is 10.3 Å². The Hall–Kier alpha value is -3.17. The van der Waals surface area contributed by atoms with Crippen molar-refractivity contribution in [2.75, 3.05) is 5.32 Å². The molecule has 38 heavy (non-hydrogen) atoms. The van der Waals surface area contributed by atoms with Crippen molar-refractivity contribution in [2.45, 2.75) is 71.1 Å². The van der Waals surface area contributed by atoms with E-state index in [0.717, 1.165) is 47.0 Å². The molecule has 1 heterocycles. The second kappa shape index (κ2) is 13.1. The third-order valence-electron chi connectivity index (χ3n) is 6.60. The maximum atomic E-state index is 13.5. The highest BCUT2D eigenvalue weighted by Gasteiger charge is 2.25. The topological polar surface area (TPSA) is 80.3 Å². The lowest BCUT2D eigenvalue weighted by Crippen LogP contribution is -2.47. The molecule has 1 aliphatic rings. The molecule has 0 radical (unpaired) electrons. The van der Waals surface area contributed by atoms with E-state index in [4.69, 9.17) is 4.74 Å². The highest BCUT2D eigenvalue weighted by Crippen LogP contribution is 2.32. The third-order valence-corrected chi connectivity index (χ3v) is 7.54. The van der Waals surface area contributed by atoms with Crippen molar-refractivity contribution in [3.8, 4) is 10.4 Å². The van der Waals surface area contributed by atoms with E-state index in [-0.39, 0.29) is 17.9 Å². The molecule has 9 heteroatoms. The number of nitrogens with zero attached hydrogens (tertiary/aromatic N) is 1. The Morgan fingerprint density at radius 3 is 2.50 bits per heavy atom. The number of hydrogen-bond acceptors (Lipinski definition) is 5. The van der Waals surface area contributed by atoms with E-state index in [1.165, 1.54) is 30.6 Å². The lowest BCUT2D eigenvalue weighted by atomic mass is 9.97. The largest absolute Gasteiger partial charge is 0.374 e. The Bertz CT molecular complexity index is 1240. The van der Waals surface area contributed by atoms with Crippen molar-refractivity contribution >= 4 is 28.3 Å². The van der Waals surface area contributed by atoms with Crippen molar-refractivity contribution in [3.63, 3.8) is 0 Å². The van der Waals surface area contributed by atoms with Crippen LogP contribution in [0.2, 0.25) is 0 Å². The molecule has 6 nitrogen and oxygen atoms in total. The fourth-order valence-corrected chi connectivity index (χ4v) is 5.50. The summed E-state index contributed by atoms with van der Waals surface area (Å²) in [6.07, 6.45) is 7.69. The van der Waals surface area contributed by atoms with Gasteiger partial charge in [-0.15, -0.1) is 0 Å². The summed E-state index contributed by atoms with van der Waals surface area (Å²) in [4.78, 5) is 30.9. The van der Waals surface area contributed by atoms with E-state index in [0.29, 0.717) is 17.8 Å². The smallest absolute Gasteiger partial charge is 0.248 e. The standard InChI is InChI=1S/C29H33F2N3O3S/c1-18(2)27(33-26(35)14-19-12-21(30)15-22(31)13-19)28(36)34-29-32-16-25(38-29)24-11-7-6-8-20(24)17-37-23-9-4-3-5-10-23/h6-8,11-13,15-16,18,23,27H,3-5,9-10,14,17H2,1-2H3,(H,33,35)(H,32,34,36). The quantitative estimate of drug-likeness (QED) is 0.318. The summed E-state index contributed by atoms with van der Waals surface area (Å²) < 4.78 is 33.1. The number of ether oxygens (including phenoxy) is 1. The second-order valence-electron chi connectivity index (χ2n) is 9.99. The van der Waals surface area contributed by atoms with Gasteiger partial charge in [0.1, 0.15) is 17.7 Å². The minimum atomic E-state index is -0.843. The summed E-state index contributed by atoms with van der Waals surface area (Å²) in [5.74, 6) is -2.65. The van der Waals surface area contributed by atoms with Gasteiger partial charge in [-0.1, -0.05) is 68.7 Å². The Labute approximate surface area is 225 Å². The Balaban J connectivity index is 1.39. The molecule has 1 aromatic heterocycles. The Kier molecular flexibility index (Phi) is 9.58. The molecule has 4 rings (SSSR count). The highest BCUT2D eigenvalue weighted by atomic mass is 32.1. The molecule has 1 aliphatic carbocycles. The molecule has 2 N–H and O–H groups in total. The molecule has 0 bridgehead atoms. The number of carbonyl (C=O) groups is 2. The van der Waals surface area contributed by atoms with Gasteiger partial charge in [-0.3, -0.25) is 9.59 Å². The SMILES string of the molecule is CC(C)C(NC(=O)Cc1cc(F)cc(F)c1)C(=O)Nc1ncc(-c2ccccc2COC2CCCCC2)s1. The highest BCUT2D eigenvalue weighted by molar-refractivity contribution is 7.19. The zero-order valence-corrected chi connectivity index (χ0v) is 22.5. The first-order chi connectivity index (χ1) is 18.3. The number of amides is 2. The van der Waals surface area contributed by atoms with E-state index >= 15 is 0 Å². The number of rotatable bonds is 10. The average molecular weight is 542 g/mol. The van der Waals surface area contributed by atoms with Gasteiger partial charge >= 0.3 is 0 Å². The first kappa shape index (κ1) is 27.9. The van der Waals surface area contributed by atoms with Crippen LogP contribution in [0.1, 0.15) is 57.1 Å². The van der Waals surface area contributed by atoms with Crippen LogP contribution in [0.15, 0.2) is 48.7 Å². The molecule has 1 fully saturated rings. The zero-order valence-electron chi connectivity index (χ0n) is 21.6. The summed E-state index contributed by atoms with van der Waals surface area (Å²) in [6, 6.07) is 10.1. The minimum absolute atomic E-state index is 0.193. The first-order valence-electron chi connectivity index (χ1n) is 13.0. The summed E-state index contributed by atoms with van der Waals surface area (Å²) in [5, 5.41) is 5.91. The number of benzene rings is 2. The fraction of sp³-hybridized carbons (Fsp3) is 0.414. The zero-order chi connectivity index (χ0) is 27.1. The van der Waals surface area contributed by atoms with Crippen LogP contribution >= 0.6 is 11.3 Å². The number of anilines is 1. The molecule has 1 saturated carbocycles. The lowest BCUT2D eigenvalue weighted by molar-refractivity contribution is -0.127. The summed E-state index contributed by atoms with van der Waals surface area (Å²) in [6.45, 7) is 4.14. The number of halogens is 2. The van der Waals surface area contributed by atoms with Crippen molar-refractivity contribution in [1.29, 1.82) is 0 Å². The number of thiazole rings is 1. The predicted molar refractivity (Wildman–Crippen MR) is 145 cm³/mol. The van der Waals surface area contributed by atoms with Crippen LogP contribution in [-0.4, -0.2) is 28.9 Å². The molecule has 202 valence electrons. The van der Waals surface area contributed by atoms with E-state index in [1.54, 1.807) is 6.20 Å². The molecule has 1 atom stereocenters. The molecule has 0 spiro atoms. The van der Waals surface area contributed by atoms with Gasteiger partial charge in [-0.2, -0.15) is 0 Å². The van der Waals surface area contributed by atoms with Crippen molar-refractivity contribution in [3.05, 3.63) is 71.4 Å². The van der Waals surface area contributed by atoms with E-state index in [1.807, 2.05) is 38.1 Å². The van der Waals surface area contributed by atoms with Gasteiger partial charge in [-0.25, -0.2) is 13.8 Å². The summed E-state index contributed by atoms with van der Waals surface area (Å²) in [7, 11) is 0. The maximum Gasteiger partial charge on any atom is 0.248 e. The number of nitrogens with one attached hydrogen (secondary N) is 2. The van der Waals surface area contributed by atoms with Crippen LogP contribution in [0.4, 0.5) is 13.9 Å². The van der Waals surface area contributed by atoms with Crippen LogP contribution in [0.5, 0.6) is 0 Å². The Morgan fingerprint density at radius 1 is 1.08 bits per heavy atom. The second-order valence-corrected chi connectivity index (χ2v) is 11.0. The van der Waals surface area contributed by atoms with Crippen molar-refractivity contribution < 1.29 is 23.1 Å². The molecule has 3 aromatic rings. The number of aromatic nitrogens is 1. The molecular weight excluding hydrogens is 508 g/mol. The van der Waals surface area contributed by atoms with Crippen LogP contribution < -0.4 is 10.6 Å². The van der Waals surface area contributed by atoms with Crippen LogP contribution in [-0.2, 0) is 27.4 Å². The van der Waals surface area contributed by atoms with Crippen LogP contribution in [0.25, 0.3) is 10.4 Å². The summed E-state index contributed by atoms with van der Waals surface area (Å²) in [5.41, 5.74) is 2.27. The van der Waals surface area contributed by atoms with E-state index < -0.39 is 29.5 Å². The van der Waals surface area contributed by atoms with Gasteiger partial charge < -0.3 is 15.4 Å². The maximum absolute atomic E-state index is 13.5. The van der Waals surface area contributed by atoms with E-state index in [2.05, 4.69) is 15.6 Å². The lowest BCUT2D eigenvalue weighted by Gasteiger charge is -2.22.